The molecule has 0 aromatic heterocycles. The molecule has 0 fully saturated rings. The van der Waals surface area contributed by atoms with Crippen LogP contribution in [0.15, 0.2) is 17.0 Å². The summed E-state index contributed by atoms with van der Waals surface area (Å²) in [6.07, 6.45) is 0. The van der Waals surface area contributed by atoms with Crippen LogP contribution in [0, 0.1) is 0 Å². The zero-order valence-electron chi connectivity index (χ0n) is 7.89. The maximum absolute atomic E-state index is 11.3. The number of methoxy groups -OCH3 is 1. The zero-order chi connectivity index (χ0) is 11.1. The van der Waals surface area contributed by atoms with E-state index >= 15 is 0 Å². The first kappa shape index (κ1) is 10.1. The first-order chi connectivity index (χ1) is 7.04. The minimum Gasteiger partial charge on any atom is -0.495 e. The predicted octanol–water partition coefficient (Wildman–Crippen LogP) is 0.0713. The molecule has 0 spiro atoms. The quantitative estimate of drug-likeness (QED) is 0.778. The lowest BCUT2D eigenvalue weighted by Crippen LogP contribution is -2.14. The highest BCUT2D eigenvalue weighted by Crippen LogP contribution is 2.42. The summed E-state index contributed by atoms with van der Waals surface area (Å²) < 4.78 is 37.6. The number of primary sulfonamides is 1. The summed E-state index contributed by atoms with van der Waals surface area (Å²) in [4.78, 5) is -0.181. The third-order valence-electron chi connectivity index (χ3n) is 1.96. The number of hydrogen-bond donors (Lipinski definition) is 1. The van der Waals surface area contributed by atoms with Crippen LogP contribution in [0.2, 0.25) is 0 Å². The Morgan fingerprint density at radius 3 is 2.73 bits per heavy atom. The van der Waals surface area contributed by atoms with Crippen molar-refractivity contribution >= 4 is 10.0 Å². The average molecular weight is 231 g/mol. The van der Waals surface area contributed by atoms with Gasteiger partial charge in [-0.1, -0.05) is 0 Å². The molecule has 0 unspecified atom stereocenters. The van der Waals surface area contributed by atoms with Gasteiger partial charge in [0.2, 0.25) is 16.8 Å². The molecule has 1 aliphatic rings. The molecule has 7 heteroatoms. The van der Waals surface area contributed by atoms with Crippen LogP contribution >= 0.6 is 0 Å². The Morgan fingerprint density at radius 1 is 1.40 bits per heavy atom. The summed E-state index contributed by atoms with van der Waals surface area (Å²) in [5.74, 6) is 0.596. The summed E-state index contributed by atoms with van der Waals surface area (Å²) in [5.41, 5.74) is 0. The van der Waals surface area contributed by atoms with Crippen LogP contribution < -0.4 is 19.3 Å². The highest BCUT2D eigenvalue weighted by molar-refractivity contribution is 7.89. The van der Waals surface area contributed by atoms with E-state index in [1.165, 1.54) is 13.2 Å². The monoisotopic (exact) mass is 231 g/mol. The molecule has 0 saturated carbocycles. The number of sulfonamides is 1. The fourth-order valence-electron chi connectivity index (χ4n) is 1.36. The Morgan fingerprint density at radius 2 is 2.13 bits per heavy atom. The fourth-order valence-corrected chi connectivity index (χ4v) is 2.21. The van der Waals surface area contributed by atoms with Gasteiger partial charge in [0.15, 0.2) is 16.4 Å². The van der Waals surface area contributed by atoms with E-state index < -0.39 is 10.0 Å². The Hall–Kier alpha value is -1.47. The SMILES string of the molecule is COc1ccc2c(c1S(N)(=O)=O)OCO2. The number of nitrogens with two attached hydrogens (primary N) is 1. The Labute approximate surface area is 86.6 Å². The summed E-state index contributed by atoms with van der Waals surface area (Å²) in [6, 6.07) is 3.03. The van der Waals surface area contributed by atoms with Crippen molar-refractivity contribution in [3.63, 3.8) is 0 Å². The Bertz CT molecular complexity index is 496. The van der Waals surface area contributed by atoms with Crippen molar-refractivity contribution in [2.24, 2.45) is 5.14 Å². The van der Waals surface area contributed by atoms with Crippen molar-refractivity contribution in [2.75, 3.05) is 13.9 Å². The standard InChI is InChI=1S/C8H9NO5S/c1-12-6-3-2-5-7(14-4-13-5)8(6)15(9,10)11/h2-3H,4H2,1H3,(H2,9,10,11). The molecule has 0 aliphatic carbocycles. The van der Waals surface area contributed by atoms with Crippen molar-refractivity contribution in [3.8, 4) is 17.2 Å². The Kier molecular flexibility index (Phi) is 2.20. The van der Waals surface area contributed by atoms with E-state index in [9.17, 15) is 8.42 Å². The van der Waals surface area contributed by atoms with Gasteiger partial charge >= 0.3 is 0 Å². The van der Waals surface area contributed by atoms with Gasteiger partial charge in [-0.2, -0.15) is 0 Å². The molecule has 15 heavy (non-hydrogen) atoms. The van der Waals surface area contributed by atoms with Crippen molar-refractivity contribution in [1.82, 2.24) is 0 Å². The van der Waals surface area contributed by atoms with Gasteiger partial charge in [-0.05, 0) is 12.1 Å². The van der Waals surface area contributed by atoms with Crippen LogP contribution in [0.1, 0.15) is 0 Å². The highest BCUT2D eigenvalue weighted by Gasteiger charge is 2.28. The van der Waals surface area contributed by atoms with Crippen LogP contribution in [0.25, 0.3) is 0 Å². The molecule has 1 aromatic carbocycles. The molecular formula is C8H9NO5S. The largest absolute Gasteiger partial charge is 0.495 e. The van der Waals surface area contributed by atoms with E-state index in [0.29, 0.717) is 5.75 Å². The lowest BCUT2D eigenvalue weighted by Gasteiger charge is -2.08. The average Bonchev–Trinajstić information content (AvgIpc) is 2.61. The molecule has 0 amide bonds. The number of benzene rings is 1. The number of fused-ring (bicyclic) bond motifs is 1. The van der Waals surface area contributed by atoms with Crippen LogP contribution in [-0.4, -0.2) is 22.3 Å². The van der Waals surface area contributed by atoms with Crippen LogP contribution in [0.4, 0.5) is 0 Å². The van der Waals surface area contributed by atoms with Crippen LogP contribution in [0.3, 0.4) is 0 Å². The van der Waals surface area contributed by atoms with E-state index in [0.717, 1.165) is 0 Å². The molecule has 0 saturated heterocycles. The number of hydrogen-bond acceptors (Lipinski definition) is 5. The number of ether oxygens (including phenoxy) is 3. The summed E-state index contributed by atoms with van der Waals surface area (Å²) in [6.45, 7) is -0.0228. The van der Waals surface area contributed by atoms with Gasteiger partial charge in [-0.25, -0.2) is 13.6 Å². The number of rotatable bonds is 2. The predicted molar refractivity (Wildman–Crippen MR) is 50.5 cm³/mol. The fraction of sp³-hybridized carbons (Fsp3) is 0.250. The van der Waals surface area contributed by atoms with Gasteiger partial charge in [0.1, 0.15) is 5.75 Å². The summed E-state index contributed by atoms with van der Waals surface area (Å²) in [7, 11) is -2.55. The normalized spacial score (nSPS) is 14.0. The molecule has 0 atom stereocenters. The summed E-state index contributed by atoms with van der Waals surface area (Å²) in [5, 5.41) is 5.06. The third-order valence-corrected chi connectivity index (χ3v) is 2.92. The highest BCUT2D eigenvalue weighted by atomic mass is 32.2. The molecular weight excluding hydrogens is 222 g/mol. The van der Waals surface area contributed by atoms with Crippen molar-refractivity contribution < 1.29 is 22.6 Å². The second-order valence-corrected chi connectivity index (χ2v) is 4.37. The first-order valence-electron chi connectivity index (χ1n) is 4.03. The minimum atomic E-state index is -3.90. The van der Waals surface area contributed by atoms with Gasteiger partial charge in [-0.3, -0.25) is 0 Å². The third kappa shape index (κ3) is 1.59. The Balaban J connectivity index is 2.74. The van der Waals surface area contributed by atoms with Crippen molar-refractivity contribution in [1.29, 1.82) is 0 Å². The summed E-state index contributed by atoms with van der Waals surface area (Å²) >= 11 is 0. The molecule has 6 nitrogen and oxygen atoms in total. The second-order valence-electron chi connectivity index (χ2n) is 2.88. The van der Waals surface area contributed by atoms with Gasteiger partial charge in [-0.15, -0.1) is 0 Å². The van der Waals surface area contributed by atoms with Crippen molar-refractivity contribution in [2.45, 2.75) is 4.90 Å². The zero-order valence-corrected chi connectivity index (χ0v) is 8.71. The van der Waals surface area contributed by atoms with Gasteiger partial charge in [0, 0.05) is 0 Å². The molecule has 2 N–H and O–H groups in total. The van der Waals surface area contributed by atoms with E-state index in [2.05, 4.69) is 0 Å². The van der Waals surface area contributed by atoms with Gasteiger partial charge < -0.3 is 14.2 Å². The van der Waals surface area contributed by atoms with Crippen molar-refractivity contribution in [3.05, 3.63) is 12.1 Å². The smallest absolute Gasteiger partial charge is 0.245 e. The van der Waals surface area contributed by atoms with E-state index in [4.69, 9.17) is 19.3 Å². The first-order valence-corrected chi connectivity index (χ1v) is 5.58. The lowest BCUT2D eigenvalue weighted by atomic mass is 10.3. The maximum Gasteiger partial charge on any atom is 0.245 e. The maximum atomic E-state index is 11.3. The van der Waals surface area contributed by atoms with E-state index in [-0.39, 0.29) is 23.2 Å². The minimum absolute atomic E-state index is 0.0228. The molecule has 82 valence electrons. The molecule has 1 aromatic rings. The second kappa shape index (κ2) is 3.28. The van der Waals surface area contributed by atoms with Gasteiger partial charge in [0.25, 0.3) is 0 Å². The molecule has 2 rings (SSSR count). The molecule has 0 radical (unpaired) electrons. The molecule has 0 bridgehead atoms. The topological polar surface area (TPSA) is 87.9 Å². The molecule has 1 aliphatic heterocycles. The van der Waals surface area contributed by atoms with Crippen LogP contribution in [-0.2, 0) is 10.0 Å². The van der Waals surface area contributed by atoms with E-state index in [1.807, 2.05) is 0 Å². The molecule has 1 heterocycles. The van der Waals surface area contributed by atoms with E-state index in [1.54, 1.807) is 6.07 Å². The van der Waals surface area contributed by atoms with Gasteiger partial charge in [0.05, 0.1) is 7.11 Å². The van der Waals surface area contributed by atoms with Crippen LogP contribution in [0.5, 0.6) is 17.2 Å². The lowest BCUT2D eigenvalue weighted by molar-refractivity contribution is 0.171.